The van der Waals surface area contributed by atoms with Crippen molar-refractivity contribution in [3.63, 3.8) is 0 Å². The minimum absolute atomic E-state index is 1.22. The number of benzene rings is 8. The summed E-state index contributed by atoms with van der Waals surface area (Å²) in [6.07, 6.45) is 0. The fourth-order valence-electron chi connectivity index (χ4n) is 6.39. The SMILES string of the molecule is c1ccc(-c2ccc(-c3ccc(-c4ccc(-c5ccc(-c6ccc(-c7ccc(-c8ccccc8)cc7)cc6)cc5)cc4)cc3)cc2)cc1. The lowest BCUT2D eigenvalue weighted by atomic mass is 9.95. The van der Waals surface area contributed by atoms with Crippen molar-refractivity contribution in [1.29, 1.82) is 0 Å². The highest BCUT2D eigenvalue weighted by Crippen LogP contribution is 2.31. The van der Waals surface area contributed by atoms with E-state index in [0.717, 1.165) is 0 Å². The van der Waals surface area contributed by atoms with Gasteiger partial charge in [-0.05, 0) is 77.9 Å². The van der Waals surface area contributed by atoms with Crippen LogP contribution in [0.25, 0.3) is 77.9 Å². The summed E-state index contributed by atoms with van der Waals surface area (Å²) in [5, 5.41) is 0. The highest BCUT2D eigenvalue weighted by atomic mass is 14.1. The zero-order valence-electron chi connectivity index (χ0n) is 26.6. The van der Waals surface area contributed by atoms with Crippen LogP contribution in [0.4, 0.5) is 0 Å². The molecule has 0 N–H and O–H groups in total. The Hall–Kier alpha value is -6.24. The molecule has 0 fully saturated rings. The van der Waals surface area contributed by atoms with Gasteiger partial charge in [0.2, 0.25) is 0 Å². The van der Waals surface area contributed by atoms with E-state index in [2.05, 4.69) is 206 Å². The lowest BCUT2D eigenvalue weighted by Gasteiger charge is -2.09. The third-order valence-electron chi connectivity index (χ3n) is 9.19. The molecule has 0 aliphatic heterocycles. The van der Waals surface area contributed by atoms with Gasteiger partial charge in [-0.3, -0.25) is 0 Å². The monoisotopic (exact) mass is 610 g/mol. The molecule has 0 aliphatic carbocycles. The first kappa shape index (κ1) is 29.2. The minimum atomic E-state index is 1.22. The van der Waals surface area contributed by atoms with Crippen molar-refractivity contribution in [1.82, 2.24) is 0 Å². The molecule has 226 valence electrons. The van der Waals surface area contributed by atoms with Crippen LogP contribution in [0.2, 0.25) is 0 Å². The second-order valence-electron chi connectivity index (χ2n) is 12.2. The summed E-state index contributed by atoms with van der Waals surface area (Å²) in [5.74, 6) is 0. The number of rotatable bonds is 7. The maximum Gasteiger partial charge on any atom is -0.0184 e. The Labute approximate surface area is 283 Å². The van der Waals surface area contributed by atoms with Crippen LogP contribution in [0.15, 0.2) is 206 Å². The summed E-state index contributed by atoms with van der Waals surface area (Å²) in [4.78, 5) is 0. The molecular weight excluding hydrogens is 577 g/mol. The molecule has 8 aromatic carbocycles. The highest BCUT2D eigenvalue weighted by molar-refractivity contribution is 5.77. The van der Waals surface area contributed by atoms with Gasteiger partial charge >= 0.3 is 0 Å². The largest absolute Gasteiger partial charge is 0.0622 e. The molecule has 0 heteroatoms. The summed E-state index contributed by atoms with van der Waals surface area (Å²) in [6, 6.07) is 74.2. The Kier molecular flexibility index (Phi) is 8.05. The molecule has 0 nitrogen and oxygen atoms in total. The van der Waals surface area contributed by atoms with Gasteiger partial charge in [-0.15, -0.1) is 0 Å². The Morgan fingerprint density at radius 2 is 0.208 bits per heavy atom. The van der Waals surface area contributed by atoms with Gasteiger partial charge in [0, 0.05) is 0 Å². The van der Waals surface area contributed by atoms with Crippen LogP contribution >= 0.6 is 0 Å². The van der Waals surface area contributed by atoms with Crippen LogP contribution in [0, 0.1) is 0 Å². The van der Waals surface area contributed by atoms with Crippen molar-refractivity contribution in [2.75, 3.05) is 0 Å². The normalized spacial score (nSPS) is 10.9. The maximum atomic E-state index is 2.22. The van der Waals surface area contributed by atoms with Crippen molar-refractivity contribution < 1.29 is 0 Å². The Balaban J connectivity index is 0.921. The van der Waals surface area contributed by atoms with Crippen LogP contribution in [-0.4, -0.2) is 0 Å². The number of hydrogen-bond donors (Lipinski definition) is 0. The lowest BCUT2D eigenvalue weighted by Crippen LogP contribution is -1.84. The van der Waals surface area contributed by atoms with E-state index >= 15 is 0 Å². The Morgan fingerprint density at radius 1 is 0.104 bits per heavy atom. The van der Waals surface area contributed by atoms with Crippen LogP contribution in [0.1, 0.15) is 0 Å². The average molecular weight is 611 g/mol. The smallest absolute Gasteiger partial charge is 0.0184 e. The van der Waals surface area contributed by atoms with Gasteiger partial charge in [-0.1, -0.05) is 206 Å². The standard InChI is InChI=1S/C48H34/c1-3-7-35(8-4-1)37-11-15-39(16-12-37)41-19-23-43(24-20-41)45-27-31-47(32-28-45)48-33-29-46(30-34-48)44-25-21-42(22-26-44)40-17-13-38(14-18-40)36-9-5-2-6-10-36/h1-34H. The summed E-state index contributed by atoms with van der Waals surface area (Å²) in [6.45, 7) is 0. The molecular formula is C48H34. The summed E-state index contributed by atoms with van der Waals surface area (Å²) in [5.41, 5.74) is 17.2. The molecule has 0 aliphatic rings. The lowest BCUT2D eigenvalue weighted by molar-refractivity contribution is 1.56. The molecule has 8 rings (SSSR count). The number of hydrogen-bond acceptors (Lipinski definition) is 0. The quantitative estimate of drug-likeness (QED) is 0.168. The van der Waals surface area contributed by atoms with Gasteiger partial charge in [0.25, 0.3) is 0 Å². The van der Waals surface area contributed by atoms with Crippen LogP contribution in [-0.2, 0) is 0 Å². The Morgan fingerprint density at radius 3 is 0.333 bits per heavy atom. The highest BCUT2D eigenvalue weighted by Gasteiger charge is 2.06. The third-order valence-corrected chi connectivity index (χ3v) is 9.19. The molecule has 48 heavy (non-hydrogen) atoms. The molecule has 8 aromatic rings. The molecule has 0 radical (unpaired) electrons. The molecule has 0 heterocycles. The minimum Gasteiger partial charge on any atom is -0.0622 e. The van der Waals surface area contributed by atoms with E-state index in [1.165, 1.54) is 77.9 Å². The van der Waals surface area contributed by atoms with Crippen molar-refractivity contribution in [2.24, 2.45) is 0 Å². The van der Waals surface area contributed by atoms with Crippen LogP contribution in [0.5, 0.6) is 0 Å². The van der Waals surface area contributed by atoms with E-state index in [4.69, 9.17) is 0 Å². The topological polar surface area (TPSA) is 0 Å². The second kappa shape index (κ2) is 13.2. The van der Waals surface area contributed by atoms with Crippen LogP contribution < -0.4 is 0 Å². The molecule has 0 unspecified atom stereocenters. The van der Waals surface area contributed by atoms with E-state index in [1.54, 1.807) is 0 Å². The molecule has 0 saturated heterocycles. The second-order valence-corrected chi connectivity index (χ2v) is 12.2. The zero-order valence-corrected chi connectivity index (χ0v) is 26.6. The molecule has 0 spiro atoms. The summed E-state index contributed by atoms with van der Waals surface area (Å²) >= 11 is 0. The predicted molar refractivity (Wildman–Crippen MR) is 204 cm³/mol. The van der Waals surface area contributed by atoms with E-state index in [0.29, 0.717) is 0 Å². The van der Waals surface area contributed by atoms with E-state index in [1.807, 2.05) is 0 Å². The fraction of sp³-hybridized carbons (Fsp3) is 0. The van der Waals surface area contributed by atoms with Crippen molar-refractivity contribution in [3.05, 3.63) is 206 Å². The van der Waals surface area contributed by atoms with Gasteiger partial charge in [-0.25, -0.2) is 0 Å². The maximum absolute atomic E-state index is 2.22. The first-order valence-electron chi connectivity index (χ1n) is 16.5. The first-order valence-corrected chi connectivity index (χ1v) is 16.5. The first-order chi connectivity index (χ1) is 23.8. The van der Waals surface area contributed by atoms with Gasteiger partial charge in [0.15, 0.2) is 0 Å². The van der Waals surface area contributed by atoms with Crippen molar-refractivity contribution in [3.8, 4) is 77.9 Å². The summed E-state index contributed by atoms with van der Waals surface area (Å²) < 4.78 is 0. The van der Waals surface area contributed by atoms with Gasteiger partial charge in [0.1, 0.15) is 0 Å². The van der Waals surface area contributed by atoms with E-state index in [-0.39, 0.29) is 0 Å². The summed E-state index contributed by atoms with van der Waals surface area (Å²) in [7, 11) is 0. The average Bonchev–Trinajstić information content (AvgIpc) is 3.19. The van der Waals surface area contributed by atoms with Gasteiger partial charge in [-0.2, -0.15) is 0 Å². The van der Waals surface area contributed by atoms with Crippen LogP contribution in [0.3, 0.4) is 0 Å². The Bertz CT molecular complexity index is 2060. The molecule has 0 saturated carbocycles. The zero-order chi connectivity index (χ0) is 32.1. The fourth-order valence-corrected chi connectivity index (χ4v) is 6.39. The molecule has 0 amide bonds. The van der Waals surface area contributed by atoms with E-state index < -0.39 is 0 Å². The van der Waals surface area contributed by atoms with Gasteiger partial charge in [0.05, 0.1) is 0 Å². The van der Waals surface area contributed by atoms with Crippen molar-refractivity contribution in [2.45, 2.75) is 0 Å². The van der Waals surface area contributed by atoms with Gasteiger partial charge < -0.3 is 0 Å². The predicted octanol–water partition coefficient (Wildman–Crippen LogP) is 13.4. The third kappa shape index (κ3) is 6.25. The molecule has 0 aromatic heterocycles. The molecule has 0 atom stereocenters. The van der Waals surface area contributed by atoms with E-state index in [9.17, 15) is 0 Å². The molecule has 0 bridgehead atoms. The van der Waals surface area contributed by atoms with Crippen molar-refractivity contribution >= 4 is 0 Å².